The maximum absolute atomic E-state index is 13.1. The quantitative estimate of drug-likeness (QED) is 0.0222. The van der Waals surface area contributed by atoms with E-state index in [0.29, 0.717) is 25.7 Å². The summed E-state index contributed by atoms with van der Waals surface area (Å²) in [6, 6.07) is 0. The molecule has 2 unspecified atom stereocenters. The Balaban J connectivity index is 5.16. The number of carbonyl (C=O) groups is 4. The van der Waals surface area contributed by atoms with E-state index < -0.39 is 97.5 Å². The van der Waals surface area contributed by atoms with Gasteiger partial charge in [0, 0.05) is 25.7 Å². The first-order valence-corrected chi connectivity index (χ1v) is 45.3. The highest BCUT2D eigenvalue weighted by molar-refractivity contribution is 7.47. The summed E-state index contributed by atoms with van der Waals surface area (Å²) < 4.78 is 68.6. The van der Waals surface area contributed by atoms with Gasteiger partial charge >= 0.3 is 39.5 Å². The molecule has 17 nitrogen and oxygen atoms in total. The predicted molar refractivity (Wildman–Crippen MR) is 414 cm³/mol. The molecule has 0 aliphatic carbocycles. The fourth-order valence-electron chi connectivity index (χ4n) is 12.7. The van der Waals surface area contributed by atoms with Crippen molar-refractivity contribution in [3.63, 3.8) is 0 Å². The minimum absolute atomic E-state index is 0.104. The van der Waals surface area contributed by atoms with Gasteiger partial charge in [0.2, 0.25) is 0 Å². The molecule has 0 aromatic carbocycles. The Bertz CT molecular complexity index is 1960. The van der Waals surface area contributed by atoms with Crippen LogP contribution in [0.25, 0.3) is 0 Å². The Morgan fingerprint density at radius 3 is 0.673 bits per heavy atom. The van der Waals surface area contributed by atoms with Crippen LogP contribution in [0.15, 0.2) is 0 Å². The Morgan fingerprint density at radius 1 is 0.267 bits per heavy atom. The van der Waals surface area contributed by atoms with Gasteiger partial charge in [-0.25, -0.2) is 9.13 Å². The maximum atomic E-state index is 13.1. The molecule has 0 aliphatic heterocycles. The van der Waals surface area contributed by atoms with Gasteiger partial charge in [0.05, 0.1) is 26.4 Å². The van der Waals surface area contributed by atoms with E-state index in [-0.39, 0.29) is 25.7 Å². The number of esters is 4. The first-order valence-electron chi connectivity index (χ1n) is 42.3. The number of carbonyl (C=O) groups excluding carboxylic acids is 4. The summed E-state index contributed by atoms with van der Waals surface area (Å²) in [5, 5.41) is 10.6. The lowest BCUT2D eigenvalue weighted by Gasteiger charge is -2.21. The molecule has 0 amide bonds. The Kier molecular flexibility index (Phi) is 70.9. The minimum Gasteiger partial charge on any atom is -0.462 e. The monoisotopic (exact) mass is 1480 g/mol. The molecule has 0 heterocycles. The molecule has 0 spiro atoms. The van der Waals surface area contributed by atoms with Gasteiger partial charge in [-0.1, -0.05) is 376 Å². The topological polar surface area (TPSA) is 237 Å². The Labute approximate surface area is 619 Å². The second kappa shape index (κ2) is 72.3. The number of unbranched alkanes of at least 4 members (excludes halogenated alkanes) is 48. The number of aliphatic hydroxyl groups excluding tert-OH is 1. The number of hydrogen-bond donors (Lipinski definition) is 3. The van der Waals surface area contributed by atoms with Crippen molar-refractivity contribution in [2.24, 2.45) is 17.8 Å². The lowest BCUT2D eigenvalue weighted by molar-refractivity contribution is -0.161. The summed E-state index contributed by atoms with van der Waals surface area (Å²) in [7, 11) is -9.91. The van der Waals surface area contributed by atoms with E-state index in [2.05, 4.69) is 48.5 Å². The van der Waals surface area contributed by atoms with Crippen LogP contribution in [0.2, 0.25) is 0 Å². The first-order chi connectivity index (χ1) is 48.7. The molecule has 0 aromatic heterocycles. The molecule has 5 atom stereocenters. The van der Waals surface area contributed by atoms with Crippen LogP contribution in [0.1, 0.15) is 427 Å². The zero-order chi connectivity index (χ0) is 74.4. The number of phosphoric acid groups is 2. The van der Waals surface area contributed by atoms with Crippen LogP contribution in [0.5, 0.6) is 0 Å². The summed E-state index contributed by atoms with van der Waals surface area (Å²) in [5.41, 5.74) is 0. The van der Waals surface area contributed by atoms with Crippen LogP contribution < -0.4 is 0 Å². The third kappa shape index (κ3) is 76.1. The second-order valence-corrected chi connectivity index (χ2v) is 33.8. The molecule has 0 rings (SSSR count). The standard InChI is InChI=1S/C82H160O17P2/c1-8-9-10-11-12-42-49-56-63-79(84)92-69-77(99-82(87)66-59-52-45-38-37-41-48-55-62-75(6)7)71-96-100(88,89)94-67-76(83)68-95-101(90,91)97-72-78(98-81(86)65-58-51-44-36-32-28-24-20-16-14-18-22-26-30-34-40-47-54-61-74(4)5)70-93-80(85)64-57-50-43-35-31-27-23-19-15-13-17-21-25-29-33-39-46-53-60-73(2)3/h73-78,83H,8-72H2,1-7H3,(H,88,89)(H,90,91)/t76-,77+,78+/m0/s1. The molecule has 0 saturated heterocycles. The molecule has 101 heavy (non-hydrogen) atoms. The van der Waals surface area contributed by atoms with Crippen molar-refractivity contribution in [3.8, 4) is 0 Å². The van der Waals surface area contributed by atoms with Gasteiger partial charge in [-0.2, -0.15) is 0 Å². The van der Waals surface area contributed by atoms with Crippen molar-refractivity contribution >= 4 is 39.5 Å². The molecule has 19 heteroatoms. The van der Waals surface area contributed by atoms with Crippen molar-refractivity contribution in [2.75, 3.05) is 39.6 Å². The molecule has 0 aliphatic rings. The van der Waals surface area contributed by atoms with E-state index in [1.54, 1.807) is 0 Å². The van der Waals surface area contributed by atoms with Gasteiger partial charge < -0.3 is 33.8 Å². The van der Waals surface area contributed by atoms with E-state index in [9.17, 15) is 43.2 Å². The normalized spacial score (nSPS) is 14.0. The predicted octanol–water partition coefficient (Wildman–Crippen LogP) is 24.5. The lowest BCUT2D eigenvalue weighted by atomic mass is 10.0. The molecular weight excluding hydrogens is 1320 g/mol. The SMILES string of the molecule is CCCCCCCCCCC(=O)OC[C@H](COP(=O)(O)OC[C@H](O)COP(=O)(O)OC[C@@H](COC(=O)CCCCCCCCCCCCCCCCCCCCC(C)C)OC(=O)CCCCCCCCCCCCCCCCCCCCC(C)C)OC(=O)CCCCCCCCCCC(C)C. The third-order valence-corrected chi connectivity index (χ3v) is 21.0. The van der Waals surface area contributed by atoms with Crippen molar-refractivity contribution in [1.82, 2.24) is 0 Å². The molecule has 0 saturated carbocycles. The zero-order valence-corrected chi connectivity index (χ0v) is 68.2. The molecule has 0 bridgehead atoms. The highest BCUT2D eigenvalue weighted by Gasteiger charge is 2.30. The number of hydrogen-bond acceptors (Lipinski definition) is 15. The van der Waals surface area contributed by atoms with E-state index in [1.165, 1.54) is 231 Å². The van der Waals surface area contributed by atoms with Crippen molar-refractivity contribution in [1.29, 1.82) is 0 Å². The number of ether oxygens (including phenoxy) is 4. The van der Waals surface area contributed by atoms with Gasteiger partial charge in [-0.3, -0.25) is 37.3 Å². The van der Waals surface area contributed by atoms with Gasteiger partial charge in [0.1, 0.15) is 19.3 Å². The zero-order valence-electron chi connectivity index (χ0n) is 66.4. The van der Waals surface area contributed by atoms with E-state index in [1.807, 2.05) is 0 Å². The summed E-state index contributed by atoms with van der Waals surface area (Å²) in [4.78, 5) is 72.9. The van der Waals surface area contributed by atoms with Crippen molar-refractivity contribution in [2.45, 2.75) is 446 Å². The van der Waals surface area contributed by atoms with Crippen LogP contribution in [0, 0.1) is 17.8 Å². The van der Waals surface area contributed by atoms with Crippen molar-refractivity contribution < 1.29 is 80.2 Å². The maximum Gasteiger partial charge on any atom is 0.472 e. The largest absolute Gasteiger partial charge is 0.472 e. The van der Waals surface area contributed by atoms with Crippen LogP contribution in [-0.2, 0) is 65.4 Å². The Hall–Kier alpha value is -1.94. The molecular formula is C82H160O17P2. The summed E-state index contributed by atoms with van der Waals surface area (Å²) in [5.74, 6) is 0.247. The third-order valence-electron chi connectivity index (χ3n) is 19.1. The van der Waals surface area contributed by atoms with E-state index in [0.717, 1.165) is 114 Å². The Morgan fingerprint density at radius 2 is 0.455 bits per heavy atom. The fraction of sp³-hybridized carbons (Fsp3) is 0.951. The number of phosphoric ester groups is 2. The highest BCUT2D eigenvalue weighted by Crippen LogP contribution is 2.45. The summed E-state index contributed by atoms with van der Waals surface area (Å²) >= 11 is 0. The lowest BCUT2D eigenvalue weighted by Crippen LogP contribution is -2.30. The average molecular weight is 1480 g/mol. The van der Waals surface area contributed by atoms with Gasteiger partial charge in [-0.05, 0) is 43.4 Å². The number of aliphatic hydroxyl groups is 1. The highest BCUT2D eigenvalue weighted by atomic mass is 31.2. The molecule has 3 N–H and O–H groups in total. The van der Waals surface area contributed by atoms with E-state index >= 15 is 0 Å². The van der Waals surface area contributed by atoms with Gasteiger partial charge in [0.25, 0.3) is 0 Å². The summed E-state index contributed by atoms with van der Waals surface area (Å²) in [6.45, 7) is 11.9. The molecule has 0 fully saturated rings. The average Bonchev–Trinajstić information content (AvgIpc) is 0.923. The van der Waals surface area contributed by atoms with Crippen LogP contribution in [0.3, 0.4) is 0 Å². The summed E-state index contributed by atoms with van der Waals surface area (Å²) in [6.07, 6.45) is 61.4. The molecule has 0 radical (unpaired) electrons. The van der Waals surface area contributed by atoms with Gasteiger partial charge in [-0.15, -0.1) is 0 Å². The van der Waals surface area contributed by atoms with Crippen LogP contribution in [-0.4, -0.2) is 96.7 Å². The molecule has 600 valence electrons. The van der Waals surface area contributed by atoms with Gasteiger partial charge in [0.15, 0.2) is 12.2 Å². The van der Waals surface area contributed by atoms with Crippen molar-refractivity contribution in [3.05, 3.63) is 0 Å². The minimum atomic E-state index is -4.96. The molecule has 0 aromatic rings. The fourth-order valence-corrected chi connectivity index (χ4v) is 14.2. The van der Waals surface area contributed by atoms with E-state index in [4.69, 9.17) is 37.0 Å². The first kappa shape index (κ1) is 99.1. The van der Waals surface area contributed by atoms with Crippen LogP contribution >= 0.6 is 15.6 Å². The second-order valence-electron chi connectivity index (χ2n) is 30.9. The van der Waals surface area contributed by atoms with Crippen LogP contribution in [0.4, 0.5) is 0 Å². The number of rotatable bonds is 80. The smallest absolute Gasteiger partial charge is 0.462 e.